The molecule has 0 unspecified atom stereocenters. The number of pyridine rings is 1. The van der Waals surface area contributed by atoms with E-state index < -0.39 is 0 Å². The molecule has 3 heterocycles. The maximum absolute atomic E-state index is 13.1. The normalized spacial score (nSPS) is 17.3. The van der Waals surface area contributed by atoms with E-state index >= 15 is 0 Å². The van der Waals surface area contributed by atoms with Crippen LogP contribution in [0.25, 0.3) is 11.3 Å². The predicted octanol–water partition coefficient (Wildman–Crippen LogP) is 2.65. The van der Waals surface area contributed by atoms with Crippen molar-refractivity contribution in [3.63, 3.8) is 0 Å². The van der Waals surface area contributed by atoms with E-state index in [1.165, 1.54) is 6.39 Å². The van der Waals surface area contributed by atoms with Crippen LogP contribution < -0.4 is 0 Å². The molecule has 0 spiro atoms. The van der Waals surface area contributed by atoms with Gasteiger partial charge in [-0.2, -0.15) is 4.98 Å². The van der Waals surface area contributed by atoms with Gasteiger partial charge in [-0.1, -0.05) is 35.5 Å². The Labute approximate surface area is 150 Å². The lowest BCUT2D eigenvalue weighted by Crippen LogP contribution is -2.44. The molecule has 1 saturated heterocycles. The van der Waals surface area contributed by atoms with Crippen LogP contribution >= 0.6 is 0 Å². The van der Waals surface area contributed by atoms with Crippen molar-refractivity contribution in [1.29, 1.82) is 0 Å². The fraction of sp³-hybridized carbons (Fsp3) is 0.263. The first-order valence-electron chi connectivity index (χ1n) is 8.42. The lowest BCUT2D eigenvalue weighted by atomic mass is 10.1. The fourth-order valence-corrected chi connectivity index (χ4v) is 3.10. The van der Waals surface area contributed by atoms with Gasteiger partial charge in [-0.25, -0.2) is 0 Å². The maximum atomic E-state index is 13.1. The number of carbonyl (C=O) groups is 1. The number of amides is 1. The maximum Gasteiger partial charge on any atom is 0.256 e. The minimum Gasteiger partial charge on any atom is -0.377 e. The van der Waals surface area contributed by atoms with Crippen molar-refractivity contribution in [2.24, 2.45) is 0 Å². The van der Waals surface area contributed by atoms with Gasteiger partial charge in [0.05, 0.1) is 30.2 Å². The van der Waals surface area contributed by atoms with Crippen molar-refractivity contribution in [2.75, 3.05) is 19.8 Å². The van der Waals surface area contributed by atoms with Crippen molar-refractivity contribution < 1.29 is 14.1 Å². The number of morpholine rings is 1. The summed E-state index contributed by atoms with van der Waals surface area (Å²) in [6.45, 7) is 3.15. The van der Waals surface area contributed by atoms with E-state index in [1.807, 2.05) is 49.4 Å². The number of hydrogen-bond acceptors (Lipinski definition) is 6. The first kappa shape index (κ1) is 16.4. The van der Waals surface area contributed by atoms with Gasteiger partial charge in [0.2, 0.25) is 6.39 Å². The summed E-state index contributed by atoms with van der Waals surface area (Å²) in [5.41, 5.74) is 3.12. The minimum absolute atomic E-state index is 0.104. The van der Waals surface area contributed by atoms with Gasteiger partial charge in [0.1, 0.15) is 6.04 Å². The summed E-state index contributed by atoms with van der Waals surface area (Å²) in [5, 5.41) is 3.87. The topological polar surface area (TPSA) is 81.4 Å². The molecule has 4 rings (SSSR count). The first-order chi connectivity index (χ1) is 12.7. The zero-order valence-corrected chi connectivity index (χ0v) is 14.3. The van der Waals surface area contributed by atoms with Gasteiger partial charge in [-0.3, -0.25) is 9.78 Å². The Kier molecular flexibility index (Phi) is 4.45. The quantitative estimate of drug-likeness (QED) is 0.722. The molecule has 1 aliphatic heterocycles. The van der Waals surface area contributed by atoms with E-state index in [4.69, 9.17) is 9.26 Å². The van der Waals surface area contributed by atoms with Gasteiger partial charge in [-0.05, 0) is 19.1 Å². The molecule has 1 aromatic carbocycles. The van der Waals surface area contributed by atoms with Crippen LogP contribution in [-0.2, 0) is 4.74 Å². The van der Waals surface area contributed by atoms with Gasteiger partial charge in [0.25, 0.3) is 5.91 Å². The summed E-state index contributed by atoms with van der Waals surface area (Å²) in [6, 6.07) is 13.2. The summed E-state index contributed by atoms with van der Waals surface area (Å²) in [4.78, 5) is 23.5. The minimum atomic E-state index is -0.358. The Bertz CT molecular complexity index is 896. The molecule has 0 bridgehead atoms. The molecule has 0 N–H and O–H groups in total. The third-order valence-electron chi connectivity index (χ3n) is 4.45. The highest BCUT2D eigenvalue weighted by molar-refractivity contribution is 5.95. The molecule has 26 heavy (non-hydrogen) atoms. The van der Waals surface area contributed by atoms with Crippen LogP contribution in [0.5, 0.6) is 0 Å². The number of nitrogens with zero attached hydrogens (tertiary/aromatic N) is 4. The number of rotatable bonds is 3. The third-order valence-corrected chi connectivity index (χ3v) is 4.45. The Hall–Kier alpha value is -3.06. The molecule has 2 aromatic heterocycles. The van der Waals surface area contributed by atoms with Crippen molar-refractivity contribution >= 4 is 5.91 Å². The monoisotopic (exact) mass is 350 g/mol. The molecule has 3 aromatic rings. The third kappa shape index (κ3) is 3.09. The van der Waals surface area contributed by atoms with E-state index in [-0.39, 0.29) is 11.9 Å². The van der Waals surface area contributed by atoms with Crippen LogP contribution in [-0.4, -0.2) is 45.7 Å². The number of ether oxygens (including phenoxy) is 1. The summed E-state index contributed by atoms with van der Waals surface area (Å²) >= 11 is 0. The van der Waals surface area contributed by atoms with E-state index in [0.29, 0.717) is 36.8 Å². The van der Waals surface area contributed by atoms with Gasteiger partial charge in [0.15, 0.2) is 5.82 Å². The Morgan fingerprint density at radius 1 is 1.19 bits per heavy atom. The second kappa shape index (κ2) is 7.05. The standard InChI is InChI=1S/C19H18N4O3/c1-13-15(7-8-16(21-13)14-5-3-2-4-6-14)19(24)23-9-10-25-11-17(23)18-20-12-26-22-18/h2-8,12,17H,9-11H2,1H3/t17-/m0/s1. The number of carbonyl (C=O) groups excluding carboxylic acids is 1. The Balaban J connectivity index is 1.63. The number of hydrogen-bond donors (Lipinski definition) is 0. The van der Waals surface area contributed by atoms with Gasteiger partial charge >= 0.3 is 0 Å². The number of aromatic nitrogens is 3. The van der Waals surface area contributed by atoms with Crippen LogP contribution in [0.15, 0.2) is 53.4 Å². The molecule has 1 fully saturated rings. The molecule has 1 atom stereocenters. The molecule has 0 saturated carbocycles. The van der Waals surface area contributed by atoms with E-state index in [0.717, 1.165) is 11.3 Å². The molecule has 1 aliphatic rings. The first-order valence-corrected chi connectivity index (χ1v) is 8.42. The van der Waals surface area contributed by atoms with Crippen molar-refractivity contribution in [3.05, 3.63) is 65.9 Å². The molecule has 7 heteroatoms. The average molecular weight is 350 g/mol. The van der Waals surface area contributed by atoms with E-state index in [2.05, 4.69) is 15.1 Å². The number of aryl methyl sites for hydroxylation is 1. The van der Waals surface area contributed by atoms with Gasteiger partial charge in [0, 0.05) is 12.1 Å². The fourth-order valence-electron chi connectivity index (χ4n) is 3.10. The summed E-state index contributed by atoms with van der Waals surface area (Å²) in [5.74, 6) is 0.345. The average Bonchev–Trinajstić information content (AvgIpc) is 3.23. The second-order valence-corrected chi connectivity index (χ2v) is 6.07. The van der Waals surface area contributed by atoms with Crippen LogP contribution in [0.2, 0.25) is 0 Å². The molecule has 132 valence electrons. The van der Waals surface area contributed by atoms with Crippen LogP contribution in [0.1, 0.15) is 27.9 Å². The number of benzene rings is 1. The van der Waals surface area contributed by atoms with Crippen molar-refractivity contribution in [3.8, 4) is 11.3 Å². The van der Waals surface area contributed by atoms with Gasteiger partial charge in [-0.15, -0.1) is 0 Å². The van der Waals surface area contributed by atoms with E-state index in [9.17, 15) is 4.79 Å². The van der Waals surface area contributed by atoms with Crippen LogP contribution in [0.3, 0.4) is 0 Å². The van der Waals surface area contributed by atoms with E-state index in [1.54, 1.807) is 4.90 Å². The van der Waals surface area contributed by atoms with Crippen LogP contribution in [0, 0.1) is 6.92 Å². The highest BCUT2D eigenvalue weighted by Gasteiger charge is 2.33. The smallest absolute Gasteiger partial charge is 0.256 e. The Morgan fingerprint density at radius 3 is 2.77 bits per heavy atom. The predicted molar refractivity (Wildman–Crippen MR) is 93.3 cm³/mol. The molecular weight excluding hydrogens is 332 g/mol. The lowest BCUT2D eigenvalue weighted by Gasteiger charge is -2.34. The zero-order valence-electron chi connectivity index (χ0n) is 14.3. The Morgan fingerprint density at radius 2 is 2.04 bits per heavy atom. The van der Waals surface area contributed by atoms with Crippen molar-refractivity contribution in [1.82, 2.24) is 20.0 Å². The summed E-state index contributed by atoms with van der Waals surface area (Å²) in [6.07, 6.45) is 1.26. The highest BCUT2D eigenvalue weighted by atomic mass is 16.5. The van der Waals surface area contributed by atoms with Crippen LogP contribution in [0.4, 0.5) is 0 Å². The molecule has 0 aliphatic carbocycles. The second-order valence-electron chi connectivity index (χ2n) is 6.07. The molecule has 0 radical (unpaired) electrons. The van der Waals surface area contributed by atoms with Gasteiger partial charge < -0.3 is 14.2 Å². The lowest BCUT2D eigenvalue weighted by molar-refractivity contribution is -0.00583. The summed E-state index contributed by atoms with van der Waals surface area (Å²) in [7, 11) is 0. The zero-order chi connectivity index (χ0) is 17.9. The molecule has 7 nitrogen and oxygen atoms in total. The summed E-state index contributed by atoms with van der Waals surface area (Å²) < 4.78 is 10.3. The van der Waals surface area contributed by atoms with Crippen molar-refractivity contribution in [2.45, 2.75) is 13.0 Å². The largest absolute Gasteiger partial charge is 0.377 e. The SMILES string of the molecule is Cc1nc(-c2ccccc2)ccc1C(=O)N1CCOC[C@H]1c1ncon1. The highest BCUT2D eigenvalue weighted by Crippen LogP contribution is 2.25. The molecule has 1 amide bonds. The molecular formula is C19H18N4O3.